The van der Waals surface area contributed by atoms with Crippen LogP contribution in [0.3, 0.4) is 0 Å². The number of rotatable bonds is 8. The number of nitrogens with zero attached hydrogens (tertiary/aromatic N) is 2. The van der Waals surface area contributed by atoms with E-state index in [1.165, 1.54) is 17.4 Å². The van der Waals surface area contributed by atoms with E-state index < -0.39 is 0 Å². The molecule has 0 bridgehead atoms. The molecule has 5 heteroatoms. The summed E-state index contributed by atoms with van der Waals surface area (Å²) < 4.78 is 0. The smallest absolute Gasteiger partial charge is 0.130 e. The van der Waals surface area contributed by atoms with E-state index in [4.69, 9.17) is 10.4 Å². The van der Waals surface area contributed by atoms with E-state index in [-0.39, 0.29) is 12.0 Å². The second-order valence-corrected chi connectivity index (χ2v) is 6.72. The summed E-state index contributed by atoms with van der Waals surface area (Å²) in [5.41, 5.74) is 5.32. The van der Waals surface area contributed by atoms with Crippen LogP contribution in [-0.2, 0) is 0 Å². The fourth-order valence-corrected chi connectivity index (χ4v) is 3.58. The fraction of sp³-hybridized carbons (Fsp3) is 0.409. The highest BCUT2D eigenvalue weighted by Crippen LogP contribution is 2.37. The lowest BCUT2D eigenvalue weighted by atomic mass is 9.89. The van der Waals surface area contributed by atoms with E-state index in [2.05, 4.69) is 47.9 Å². The number of hydrogen-bond acceptors (Lipinski definition) is 4. The van der Waals surface area contributed by atoms with Gasteiger partial charge in [0.2, 0.25) is 0 Å². The predicted octanol–water partition coefficient (Wildman–Crippen LogP) is 3.94. The molecular formula is C22H31N5. The summed E-state index contributed by atoms with van der Waals surface area (Å²) in [6.07, 6.45) is 13.3. The van der Waals surface area contributed by atoms with Crippen LogP contribution in [0.5, 0.6) is 0 Å². The van der Waals surface area contributed by atoms with Gasteiger partial charge >= 0.3 is 0 Å². The highest BCUT2D eigenvalue weighted by molar-refractivity contribution is 6.04. The monoisotopic (exact) mass is 365 g/mol. The molecule has 0 heterocycles. The van der Waals surface area contributed by atoms with Crippen LogP contribution in [0.4, 0.5) is 0 Å². The molecule has 0 aromatic heterocycles. The summed E-state index contributed by atoms with van der Waals surface area (Å²) >= 11 is 0. The Kier molecular flexibility index (Phi) is 7.53. The highest BCUT2D eigenvalue weighted by Gasteiger charge is 2.29. The van der Waals surface area contributed by atoms with E-state index in [0.29, 0.717) is 0 Å². The molecule has 2 aliphatic rings. The molecule has 0 aromatic rings. The molecule has 0 spiro atoms. The molecular weight excluding hydrogens is 334 g/mol. The van der Waals surface area contributed by atoms with Crippen molar-refractivity contribution in [2.45, 2.75) is 38.6 Å². The van der Waals surface area contributed by atoms with Gasteiger partial charge in [-0.25, -0.2) is 4.99 Å². The average Bonchev–Trinajstić information content (AvgIpc) is 3.09. The molecule has 2 rings (SSSR count). The Bertz CT molecular complexity index is 749. The third-order valence-electron chi connectivity index (χ3n) is 5.06. The van der Waals surface area contributed by atoms with Crippen LogP contribution in [-0.4, -0.2) is 37.9 Å². The van der Waals surface area contributed by atoms with Crippen LogP contribution >= 0.6 is 0 Å². The van der Waals surface area contributed by atoms with Crippen molar-refractivity contribution in [2.75, 3.05) is 14.1 Å². The normalized spacial score (nSPS) is 23.1. The van der Waals surface area contributed by atoms with Gasteiger partial charge in [-0.3, -0.25) is 4.99 Å². The molecule has 0 aliphatic heterocycles. The average molecular weight is 366 g/mol. The van der Waals surface area contributed by atoms with Gasteiger partial charge in [-0.2, -0.15) is 0 Å². The minimum atomic E-state index is 0.221. The molecule has 27 heavy (non-hydrogen) atoms. The molecule has 0 aromatic carbocycles. The first-order valence-corrected chi connectivity index (χ1v) is 9.48. The number of amidine groups is 1. The van der Waals surface area contributed by atoms with Gasteiger partial charge < -0.3 is 16.0 Å². The Morgan fingerprint density at radius 3 is 2.81 bits per heavy atom. The minimum absolute atomic E-state index is 0.221. The molecule has 0 saturated heterocycles. The second kappa shape index (κ2) is 9.86. The summed E-state index contributed by atoms with van der Waals surface area (Å²) in [6, 6.07) is 0.245. The van der Waals surface area contributed by atoms with Gasteiger partial charge in [-0.05, 0) is 37.3 Å². The van der Waals surface area contributed by atoms with Gasteiger partial charge in [0.1, 0.15) is 5.84 Å². The lowest BCUT2D eigenvalue weighted by Crippen LogP contribution is -2.29. The van der Waals surface area contributed by atoms with Gasteiger partial charge in [0.15, 0.2) is 0 Å². The van der Waals surface area contributed by atoms with Gasteiger partial charge in [-0.1, -0.05) is 37.8 Å². The Hall–Kier alpha value is -2.69. The topological polar surface area (TPSA) is 72.6 Å². The molecule has 3 N–H and O–H groups in total. The molecule has 2 aliphatic carbocycles. The Labute approximate surface area is 163 Å². The van der Waals surface area contributed by atoms with E-state index in [9.17, 15) is 0 Å². The maximum atomic E-state index is 7.54. The standard InChI is InChI=1S/C22H31N5/c1-6-19(7-2)27-22(25-5)17-8-10-20-16(12-17)9-11-21(20)26-15(3)18(13-23)14-24-4/h6,8,10,13-14,17,21,23-24,26H,1,3,7,9,11-12H2,2,4-5H3/b18-14+,23-13?,25-22-,27-19+. The molecule has 2 unspecified atom stereocenters. The SMILES string of the molecule is C=C/C(CC)=N\C(=N/C)C1C=CC2=C(CCC2NC(=C)/C(C=N)=C/NC)C1. The number of nitrogens with one attached hydrogen (secondary N) is 3. The summed E-state index contributed by atoms with van der Waals surface area (Å²) in [6.45, 7) is 10.0. The van der Waals surface area contributed by atoms with Crippen LogP contribution in [0.15, 0.2) is 70.0 Å². The van der Waals surface area contributed by atoms with Crippen molar-refractivity contribution in [2.24, 2.45) is 15.9 Å². The molecule has 0 radical (unpaired) electrons. The first kappa shape index (κ1) is 20.6. The van der Waals surface area contributed by atoms with Crippen LogP contribution in [0.25, 0.3) is 0 Å². The first-order chi connectivity index (χ1) is 13.1. The van der Waals surface area contributed by atoms with Crippen LogP contribution in [0, 0.1) is 11.3 Å². The lowest BCUT2D eigenvalue weighted by Gasteiger charge is -2.23. The van der Waals surface area contributed by atoms with E-state index in [0.717, 1.165) is 48.5 Å². The molecule has 0 saturated carbocycles. The molecule has 144 valence electrons. The predicted molar refractivity (Wildman–Crippen MR) is 117 cm³/mol. The van der Waals surface area contributed by atoms with Gasteiger partial charge in [-0.15, -0.1) is 0 Å². The van der Waals surface area contributed by atoms with Crippen molar-refractivity contribution in [1.29, 1.82) is 5.41 Å². The Balaban J connectivity index is 2.11. The maximum Gasteiger partial charge on any atom is 0.130 e. The summed E-state index contributed by atoms with van der Waals surface area (Å²) in [5, 5.41) is 14.0. The zero-order chi connectivity index (χ0) is 19.8. The summed E-state index contributed by atoms with van der Waals surface area (Å²) in [4.78, 5) is 9.12. The van der Waals surface area contributed by atoms with E-state index in [1.807, 2.05) is 20.2 Å². The quantitative estimate of drug-likeness (QED) is 0.346. The zero-order valence-corrected chi connectivity index (χ0v) is 16.7. The summed E-state index contributed by atoms with van der Waals surface area (Å²) in [7, 11) is 3.63. The molecule has 0 amide bonds. The van der Waals surface area contributed by atoms with Gasteiger partial charge in [0.25, 0.3) is 0 Å². The van der Waals surface area contributed by atoms with Crippen molar-refractivity contribution in [1.82, 2.24) is 10.6 Å². The third-order valence-corrected chi connectivity index (χ3v) is 5.06. The van der Waals surface area contributed by atoms with Gasteiger partial charge in [0.05, 0.1) is 6.04 Å². The highest BCUT2D eigenvalue weighted by atomic mass is 14.9. The lowest BCUT2D eigenvalue weighted by molar-refractivity contribution is 0.645. The molecule has 2 atom stereocenters. The number of allylic oxidation sites excluding steroid dienone is 3. The number of hydrogen-bond donors (Lipinski definition) is 3. The van der Waals surface area contributed by atoms with Crippen LogP contribution in [0.1, 0.15) is 32.6 Å². The Morgan fingerprint density at radius 2 is 2.22 bits per heavy atom. The van der Waals surface area contributed by atoms with Crippen molar-refractivity contribution < 1.29 is 0 Å². The Morgan fingerprint density at radius 1 is 1.44 bits per heavy atom. The fourth-order valence-electron chi connectivity index (χ4n) is 3.58. The minimum Gasteiger partial charge on any atom is -0.393 e. The van der Waals surface area contributed by atoms with Crippen molar-refractivity contribution >= 4 is 17.8 Å². The van der Waals surface area contributed by atoms with Crippen molar-refractivity contribution in [3.05, 3.63) is 60.0 Å². The zero-order valence-electron chi connectivity index (χ0n) is 16.7. The second-order valence-electron chi connectivity index (χ2n) is 6.72. The summed E-state index contributed by atoms with van der Waals surface area (Å²) in [5.74, 6) is 1.09. The molecule has 0 fully saturated rings. The maximum absolute atomic E-state index is 7.54. The first-order valence-electron chi connectivity index (χ1n) is 9.48. The van der Waals surface area contributed by atoms with Crippen LogP contribution < -0.4 is 10.6 Å². The van der Waals surface area contributed by atoms with Gasteiger partial charge in [0, 0.05) is 49.4 Å². The van der Waals surface area contributed by atoms with E-state index >= 15 is 0 Å². The largest absolute Gasteiger partial charge is 0.393 e. The van der Waals surface area contributed by atoms with E-state index in [1.54, 1.807) is 6.20 Å². The van der Waals surface area contributed by atoms with Crippen molar-refractivity contribution in [3.63, 3.8) is 0 Å². The van der Waals surface area contributed by atoms with Crippen molar-refractivity contribution in [3.8, 4) is 0 Å². The molecule has 5 nitrogen and oxygen atoms in total. The van der Waals surface area contributed by atoms with Crippen LogP contribution in [0.2, 0.25) is 0 Å². The third kappa shape index (κ3) is 4.94. The number of aliphatic imine (C=N–C) groups is 2.